The molecule has 4 heteroatoms. The molecule has 0 spiro atoms. The van der Waals surface area contributed by atoms with Crippen LogP contribution in [0.1, 0.15) is 32.6 Å². The van der Waals surface area contributed by atoms with Gasteiger partial charge < -0.3 is 4.74 Å². The van der Waals surface area contributed by atoms with E-state index in [0.717, 1.165) is 19.3 Å². The Bertz CT molecular complexity index is 292. The molecule has 2 fully saturated rings. The lowest BCUT2D eigenvalue weighted by atomic mass is 9.91. The van der Waals surface area contributed by atoms with Gasteiger partial charge in [0.2, 0.25) is 0 Å². The van der Waals surface area contributed by atoms with E-state index in [1.54, 1.807) is 0 Å². The van der Waals surface area contributed by atoms with Crippen LogP contribution in [0.2, 0.25) is 0 Å². The van der Waals surface area contributed by atoms with Crippen molar-refractivity contribution in [1.29, 1.82) is 0 Å². The Morgan fingerprint density at radius 2 is 2.07 bits per heavy atom. The van der Waals surface area contributed by atoms with E-state index in [-0.39, 0.29) is 17.1 Å². The first-order chi connectivity index (χ1) is 6.58. The molecule has 3 nitrogen and oxygen atoms in total. The standard InChI is InChI=1S/C10H18O3S/c1-8-3-2-4-10(5-8)14(11,12)7-9-6-13-9/h8-10H,2-7H2,1H3. The van der Waals surface area contributed by atoms with Crippen LogP contribution in [0.15, 0.2) is 0 Å². The van der Waals surface area contributed by atoms with Crippen LogP contribution in [0.25, 0.3) is 0 Å². The minimum Gasteiger partial charge on any atom is -0.372 e. The molecule has 2 rings (SSSR count). The molecule has 3 unspecified atom stereocenters. The van der Waals surface area contributed by atoms with Crippen molar-refractivity contribution >= 4 is 9.84 Å². The van der Waals surface area contributed by atoms with Crippen LogP contribution in [0, 0.1) is 5.92 Å². The van der Waals surface area contributed by atoms with Crippen LogP contribution in [0.5, 0.6) is 0 Å². The van der Waals surface area contributed by atoms with E-state index in [0.29, 0.717) is 12.5 Å². The summed E-state index contributed by atoms with van der Waals surface area (Å²) >= 11 is 0. The van der Waals surface area contributed by atoms with E-state index < -0.39 is 9.84 Å². The fourth-order valence-electron chi connectivity index (χ4n) is 2.26. The summed E-state index contributed by atoms with van der Waals surface area (Å²) in [4.78, 5) is 0. The highest BCUT2D eigenvalue weighted by Crippen LogP contribution is 2.30. The minimum atomic E-state index is -2.88. The van der Waals surface area contributed by atoms with Crippen molar-refractivity contribution in [3.05, 3.63) is 0 Å². The monoisotopic (exact) mass is 218 g/mol. The highest BCUT2D eigenvalue weighted by Gasteiger charge is 2.36. The van der Waals surface area contributed by atoms with E-state index >= 15 is 0 Å². The van der Waals surface area contributed by atoms with Crippen LogP contribution in [-0.2, 0) is 14.6 Å². The first kappa shape index (κ1) is 10.4. The van der Waals surface area contributed by atoms with Gasteiger partial charge in [0.05, 0.1) is 23.7 Å². The summed E-state index contributed by atoms with van der Waals surface area (Å²) in [7, 11) is -2.88. The number of hydrogen-bond donors (Lipinski definition) is 0. The maximum absolute atomic E-state index is 11.9. The van der Waals surface area contributed by atoms with Gasteiger partial charge in [0.15, 0.2) is 9.84 Å². The Morgan fingerprint density at radius 3 is 2.64 bits per heavy atom. The molecule has 0 amide bonds. The summed E-state index contributed by atoms with van der Waals surface area (Å²) in [5.74, 6) is 0.827. The number of hydrogen-bond acceptors (Lipinski definition) is 3. The van der Waals surface area contributed by atoms with Gasteiger partial charge in [-0.25, -0.2) is 8.42 Å². The van der Waals surface area contributed by atoms with Gasteiger partial charge >= 0.3 is 0 Å². The highest BCUT2D eigenvalue weighted by molar-refractivity contribution is 7.92. The molecule has 1 saturated carbocycles. The van der Waals surface area contributed by atoms with Gasteiger partial charge in [-0.2, -0.15) is 0 Å². The van der Waals surface area contributed by atoms with Crippen LogP contribution < -0.4 is 0 Å². The predicted molar refractivity (Wildman–Crippen MR) is 54.9 cm³/mol. The molecule has 14 heavy (non-hydrogen) atoms. The molecule has 1 aliphatic heterocycles. The number of sulfone groups is 1. The van der Waals surface area contributed by atoms with E-state index in [1.807, 2.05) is 0 Å². The summed E-state index contributed by atoms with van der Waals surface area (Å²) in [5.41, 5.74) is 0. The maximum atomic E-state index is 11.9. The Labute approximate surface area is 85.8 Å². The quantitative estimate of drug-likeness (QED) is 0.672. The molecule has 0 aromatic rings. The third-order valence-electron chi connectivity index (χ3n) is 3.22. The Balaban J connectivity index is 1.97. The molecule has 0 bridgehead atoms. The first-order valence-corrected chi connectivity index (χ1v) is 7.12. The lowest BCUT2D eigenvalue weighted by molar-refractivity contribution is 0.378. The van der Waals surface area contributed by atoms with Crippen LogP contribution >= 0.6 is 0 Å². The smallest absolute Gasteiger partial charge is 0.155 e. The van der Waals surface area contributed by atoms with Gasteiger partial charge in [-0.3, -0.25) is 0 Å². The molecular weight excluding hydrogens is 200 g/mol. The third-order valence-corrected chi connectivity index (χ3v) is 5.50. The van der Waals surface area contributed by atoms with Crippen molar-refractivity contribution in [3.8, 4) is 0 Å². The van der Waals surface area contributed by atoms with Crippen molar-refractivity contribution in [2.75, 3.05) is 12.4 Å². The molecule has 0 aromatic heterocycles. The van der Waals surface area contributed by atoms with Crippen molar-refractivity contribution in [1.82, 2.24) is 0 Å². The van der Waals surface area contributed by atoms with Crippen molar-refractivity contribution in [3.63, 3.8) is 0 Å². The van der Waals surface area contributed by atoms with Crippen LogP contribution in [0.4, 0.5) is 0 Å². The topological polar surface area (TPSA) is 46.7 Å². The number of ether oxygens (including phenoxy) is 1. The maximum Gasteiger partial charge on any atom is 0.155 e. The van der Waals surface area contributed by atoms with Gasteiger partial charge in [0, 0.05) is 0 Å². The molecular formula is C10H18O3S. The van der Waals surface area contributed by atoms with Gasteiger partial charge in [-0.05, 0) is 18.8 Å². The Kier molecular flexibility index (Phi) is 2.84. The highest BCUT2D eigenvalue weighted by atomic mass is 32.2. The molecule has 0 N–H and O–H groups in total. The molecule has 0 aromatic carbocycles. The second-order valence-electron chi connectivity index (χ2n) is 4.68. The van der Waals surface area contributed by atoms with Crippen molar-refractivity contribution in [2.45, 2.75) is 44.0 Å². The Morgan fingerprint density at radius 1 is 1.36 bits per heavy atom. The van der Waals surface area contributed by atoms with E-state index in [2.05, 4.69) is 6.92 Å². The lowest BCUT2D eigenvalue weighted by Crippen LogP contribution is -2.30. The average molecular weight is 218 g/mol. The molecule has 0 radical (unpaired) electrons. The van der Waals surface area contributed by atoms with Crippen molar-refractivity contribution < 1.29 is 13.2 Å². The summed E-state index contributed by atoms with van der Waals surface area (Å²) in [5, 5.41) is -0.0875. The normalized spacial score (nSPS) is 38.2. The second-order valence-corrected chi connectivity index (χ2v) is 7.00. The van der Waals surface area contributed by atoms with Gasteiger partial charge in [0.25, 0.3) is 0 Å². The zero-order valence-electron chi connectivity index (χ0n) is 8.61. The zero-order valence-corrected chi connectivity index (χ0v) is 9.42. The molecule has 2 aliphatic rings. The minimum absolute atomic E-state index is 0.0113. The summed E-state index contributed by atoms with van der Waals surface area (Å²) < 4.78 is 28.8. The summed E-state index contributed by atoms with van der Waals surface area (Å²) in [6.45, 7) is 2.79. The average Bonchev–Trinajstić information content (AvgIpc) is 2.87. The van der Waals surface area contributed by atoms with Gasteiger partial charge in [0.1, 0.15) is 0 Å². The molecule has 1 aliphatic carbocycles. The third kappa shape index (κ3) is 2.48. The summed E-state index contributed by atoms with van der Waals surface area (Å²) in [6, 6.07) is 0. The predicted octanol–water partition coefficient (Wildman–Crippen LogP) is 1.38. The fourth-order valence-corrected chi connectivity index (χ4v) is 4.39. The largest absolute Gasteiger partial charge is 0.372 e. The van der Waals surface area contributed by atoms with E-state index in [1.165, 1.54) is 6.42 Å². The first-order valence-electron chi connectivity index (χ1n) is 5.41. The fraction of sp³-hybridized carbons (Fsp3) is 1.00. The van der Waals surface area contributed by atoms with E-state index in [9.17, 15) is 8.42 Å². The number of epoxide rings is 1. The molecule has 82 valence electrons. The lowest BCUT2D eigenvalue weighted by Gasteiger charge is -2.26. The SMILES string of the molecule is CC1CCCC(S(=O)(=O)CC2CO2)C1. The van der Waals surface area contributed by atoms with Crippen LogP contribution in [-0.4, -0.2) is 32.1 Å². The van der Waals surface area contributed by atoms with Gasteiger partial charge in [-0.15, -0.1) is 0 Å². The summed E-state index contributed by atoms with van der Waals surface area (Å²) in [6.07, 6.45) is 3.98. The van der Waals surface area contributed by atoms with E-state index in [4.69, 9.17) is 4.74 Å². The van der Waals surface area contributed by atoms with Crippen LogP contribution in [0.3, 0.4) is 0 Å². The number of rotatable bonds is 3. The van der Waals surface area contributed by atoms with Crippen molar-refractivity contribution in [2.24, 2.45) is 5.92 Å². The molecule has 3 atom stereocenters. The molecule has 1 heterocycles. The zero-order chi connectivity index (χ0) is 10.2. The second kappa shape index (κ2) is 3.81. The Hall–Kier alpha value is -0.0900. The van der Waals surface area contributed by atoms with Gasteiger partial charge in [-0.1, -0.05) is 19.8 Å². The molecule has 1 saturated heterocycles.